The minimum Gasteiger partial charge on any atom is -0.337 e. The highest BCUT2D eigenvalue weighted by atomic mass is 32.2. The van der Waals surface area contributed by atoms with E-state index in [0.717, 1.165) is 47.7 Å². The monoisotopic (exact) mass is 276 g/mol. The van der Waals surface area contributed by atoms with Crippen molar-refractivity contribution in [1.29, 1.82) is 0 Å². The Labute approximate surface area is 115 Å². The fourth-order valence-corrected chi connectivity index (χ4v) is 3.43. The normalized spacial score (nSPS) is 13.8. The van der Waals surface area contributed by atoms with Gasteiger partial charge in [-0.15, -0.1) is 0 Å². The lowest BCUT2D eigenvalue weighted by molar-refractivity contribution is 0.853. The standard InChI is InChI=1S/C13H16N4OS/c1-8-11(17(2)7-14-8)6-19-13-15-10-5-3-4-9(10)12(18)16-13/h7H,3-6H2,1-2H3,(H,15,16,18). The van der Waals surface area contributed by atoms with Gasteiger partial charge in [-0.1, -0.05) is 11.8 Å². The Kier molecular flexibility index (Phi) is 3.18. The van der Waals surface area contributed by atoms with E-state index in [1.165, 1.54) is 0 Å². The molecule has 1 N–H and O–H groups in total. The maximum Gasteiger partial charge on any atom is 0.254 e. The Hall–Kier alpha value is -1.56. The molecule has 19 heavy (non-hydrogen) atoms. The number of fused-ring (bicyclic) bond motifs is 1. The van der Waals surface area contributed by atoms with Crippen LogP contribution in [0.25, 0.3) is 0 Å². The van der Waals surface area contributed by atoms with Gasteiger partial charge in [-0.2, -0.15) is 0 Å². The van der Waals surface area contributed by atoms with E-state index in [2.05, 4.69) is 15.0 Å². The molecule has 0 saturated heterocycles. The number of rotatable bonds is 3. The topological polar surface area (TPSA) is 63.6 Å². The minimum atomic E-state index is 0.0340. The lowest BCUT2D eigenvalue weighted by Gasteiger charge is -2.05. The summed E-state index contributed by atoms with van der Waals surface area (Å²) in [5.41, 5.74) is 4.08. The summed E-state index contributed by atoms with van der Waals surface area (Å²) in [4.78, 5) is 23.6. The molecule has 0 bridgehead atoms. The molecular weight excluding hydrogens is 260 g/mol. The zero-order valence-electron chi connectivity index (χ0n) is 11.1. The van der Waals surface area contributed by atoms with E-state index in [1.807, 2.05) is 24.9 Å². The van der Waals surface area contributed by atoms with E-state index < -0.39 is 0 Å². The molecule has 3 rings (SSSR count). The van der Waals surface area contributed by atoms with Crippen LogP contribution in [0.5, 0.6) is 0 Å². The van der Waals surface area contributed by atoms with Crippen LogP contribution in [0, 0.1) is 6.92 Å². The first-order valence-corrected chi connectivity index (χ1v) is 7.35. The number of aryl methyl sites for hydroxylation is 3. The molecule has 2 aromatic rings. The van der Waals surface area contributed by atoms with Crippen molar-refractivity contribution in [2.24, 2.45) is 7.05 Å². The van der Waals surface area contributed by atoms with Gasteiger partial charge in [-0.05, 0) is 26.2 Å². The SMILES string of the molecule is Cc1ncn(C)c1CSc1nc2c(c(=O)[nH]1)CCC2. The summed E-state index contributed by atoms with van der Waals surface area (Å²) in [5, 5.41) is 0.714. The Morgan fingerprint density at radius 3 is 3.05 bits per heavy atom. The first-order valence-electron chi connectivity index (χ1n) is 6.37. The van der Waals surface area contributed by atoms with Crippen LogP contribution >= 0.6 is 11.8 Å². The molecule has 0 saturated carbocycles. The Morgan fingerprint density at radius 1 is 1.47 bits per heavy atom. The summed E-state index contributed by atoms with van der Waals surface area (Å²) in [7, 11) is 1.98. The van der Waals surface area contributed by atoms with E-state index in [1.54, 1.807) is 11.8 Å². The molecular formula is C13H16N4OS. The van der Waals surface area contributed by atoms with Crippen LogP contribution in [0.15, 0.2) is 16.3 Å². The average Bonchev–Trinajstić information content (AvgIpc) is 2.96. The lowest BCUT2D eigenvalue weighted by atomic mass is 10.3. The molecule has 0 amide bonds. The number of hydrogen-bond acceptors (Lipinski definition) is 4. The molecule has 1 aliphatic rings. The van der Waals surface area contributed by atoms with Gasteiger partial charge in [0.05, 0.1) is 23.4 Å². The van der Waals surface area contributed by atoms with Gasteiger partial charge in [0.15, 0.2) is 5.16 Å². The maximum absolute atomic E-state index is 11.9. The number of thioether (sulfide) groups is 1. The predicted molar refractivity (Wildman–Crippen MR) is 74.4 cm³/mol. The molecule has 2 heterocycles. The summed E-state index contributed by atoms with van der Waals surface area (Å²) >= 11 is 1.56. The summed E-state index contributed by atoms with van der Waals surface area (Å²) in [6.45, 7) is 1.99. The van der Waals surface area contributed by atoms with Crippen molar-refractivity contribution < 1.29 is 0 Å². The van der Waals surface area contributed by atoms with E-state index >= 15 is 0 Å². The molecule has 6 heteroatoms. The highest BCUT2D eigenvalue weighted by Crippen LogP contribution is 2.23. The van der Waals surface area contributed by atoms with E-state index in [0.29, 0.717) is 5.16 Å². The summed E-state index contributed by atoms with van der Waals surface area (Å²) in [5.74, 6) is 0.768. The number of aromatic amines is 1. The number of nitrogens with one attached hydrogen (secondary N) is 1. The van der Waals surface area contributed by atoms with Gasteiger partial charge in [0.2, 0.25) is 0 Å². The molecule has 0 aliphatic heterocycles. The van der Waals surface area contributed by atoms with Crippen molar-refractivity contribution in [1.82, 2.24) is 19.5 Å². The number of aromatic nitrogens is 4. The molecule has 0 fully saturated rings. The van der Waals surface area contributed by atoms with E-state index in [9.17, 15) is 4.79 Å². The highest BCUT2D eigenvalue weighted by molar-refractivity contribution is 7.98. The Balaban J connectivity index is 1.81. The van der Waals surface area contributed by atoms with Crippen LogP contribution in [0.3, 0.4) is 0 Å². The molecule has 0 spiro atoms. The van der Waals surface area contributed by atoms with Gasteiger partial charge in [-0.3, -0.25) is 4.79 Å². The summed E-state index contributed by atoms with van der Waals surface area (Å²) < 4.78 is 2.01. The molecule has 0 unspecified atom stereocenters. The van der Waals surface area contributed by atoms with Gasteiger partial charge >= 0.3 is 0 Å². The van der Waals surface area contributed by atoms with Crippen LogP contribution in [0.4, 0.5) is 0 Å². The van der Waals surface area contributed by atoms with Crippen LogP contribution in [-0.2, 0) is 25.6 Å². The number of nitrogens with zero attached hydrogens (tertiary/aromatic N) is 3. The van der Waals surface area contributed by atoms with Crippen molar-refractivity contribution in [3.8, 4) is 0 Å². The van der Waals surface area contributed by atoms with Gasteiger partial charge < -0.3 is 9.55 Å². The quantitative estimate of drug-likeness (QED) is 0.683. The minimum absolute atomic E-state index is 0.0340. The van der Waals surface area contributed by atoms with Crippen molar-refractivity contribution in [3.05, 3.63) is 39.3 Å². The third-order valence-electron chi connectivity index (χ3n) is 3.53. The molecule has 5 nitrogen and oxygen atoms in total. The van der Waals surface area contributed by atoms with Crippen LogP contribution in [0.1, 0.15) is 29.1 Å². The predicted octanol–water partition coefficient (Wildman–Crippen LogP) is 1.59. The second-order valence-corrected chi connectivity index (χ2v) is 5.79. The molecule has 2 aromatic heterocycles. The van der Waals surface area contributed by atoms with E-state index in [-0.39, 0.29) is 5.56 Å². The Morgan fingerprint density at radius 2 is 2.32 bits per heavy atom. The number of imidazole rings is 1. The largest absolute Gasteiger partial charge is 0.337 e. The Bertz CT molecular complexity index is 654. The summed E-state index contributed by atoms with van der Waals surface area (Å²) in [6.07, 6.45) is 4.64. The third kappa shape index (κ3) is 2.32. The lowest BCUT2D eigenvalue weighted by Crippen LogP contribution is -2.15. The zero-order chi connectivity index (χ0) is 13.4. The summed E-state index contributed by atoms with van der Waals surface area (Å²) in [6, 6.07) is 0. The number of H-pyrrole nitrogens is 1. The van der Waals surface area contributed by atoms with Crippen molar-refractivity contribution in [2.75, 3.05) is 0 Å². The van der Waals surface area contributed by atoms with Gasteiger partial charge in [0.1, 0.15) is 0 Å². The fourth-order valence-electron chi connectivity index (χ4n) is 2.40. The maximum atomic E-state index is 11.9. The average molecular weight is 276 g/mol. The van der Waals surface area contributed by atoms with Crippen molar-refractivity contribution in [3.63, 3.8) is 0 Å². The first-order chi connectivity index (χ1) is 9.15. The van der Waals surface area contributed by atoms with Gasteiger partial charge in [0.25, 0.3) is 5.56 Å². The smallest absolute Gasteiger partial charge is 0.254 e. The molecule has 1 aliphatic carbocycles. The molecule has 0 aromatic carbocycles. The van der Waals surface area contributed by atoms with Crippen molar-refractivity contribution in [2.45, 2.75) is 37.1 Å². The zero-order valence-corrected chi connectivity index (χ0v) is 11.9. The fraction of sp³-hybridized carbons (Fsp3) is 0.462. The van der Waals surface area contributed by atoms with Crippen LogP contribution in [-0.4, -0.2) is 19.5 Å². The highest BCUT2D eigenvalue weighted by Gasteiger charge is 2.17. The van der Waals surface area contributed by atoms with Crippen molar-refractivity contribution >= 4 is 11.8 Å². The molecule has 0 atom stereocenters. The molecule has 100 valence electrons. The number of hydrogen-bond donors (Lipinski definition) is 1. The van der Waals surface area contributed by atoms with Crippen LogP contribution in [0.2, 0.25) is 0 Å². The second kappa shape index (κ2) is 4.85. The third-order valence-corrected chi connectivity index (χ3v) is 4.42. The second-order valence-electron chi connectivity index (χ2n) is 4.83. The first kappa shape index (κ1) is 12.5. The van der Waals surface area contributed by atoms with Gasteiger partial charge in [-0.25, -0.2) is 9.97 Å². The molecule has 0 radical (unpaired) electrons. The van der Waals surface area contributed by atoms with Crippen LogP contribution < -0.4 is 5.56 Å². The van der Waals surface area contributed by atoms with Gasteiger partial charge in [0, 0.05) is 18.4 Å². The van der Waals surface area contributed by atoms with E-state index in [4.69, 9.17) is 0 Å².